The lowest BCUT2D eigenvalue weighted by atomic mass is 10.0. The first-order valence-electron chi connectivity index (χ1n) is 10.6. The van der Waals surface area contributed by atoms with E-state index < -0.39 is 0 Å². The van der Waals surface area contributed by atoms with E-state index >= 15 is 0 Å². The van der Waals surface area contributed by atoms with Gasteiger partial charge in [-0.05, 0) is 53.8 Å². The zero-order valence-corrected chi connectivity index (χ0v) is 19.1. The van der Waals surface area contributed by atoms with Crippen LogP contribution in [0, 0.1) is 0 Å². The summed E-state index contributed by atoms with van der Waals surface area (Å²) in [7, 11) is 0. The smallest absolute Gasteiger partial charge is 0.239 e. The number of benzene rings is 2. The molecule has 0 atom stereocenters. The topological polar surface area (TPSA) is 76.8 Å². The van der Waals surface area contributed by atoms with Gasteiger partial charge in [-0.2, -0.15) is 4.68 Å². The van der Waals surface area contributed by atoms with Gasteiger partial charge in [0.25, 0.3) is 0 Å². The second kappa shape index (κ2) is 9.62. The highest BCUT2D eigenvalue weighted by molar-refractivity contribution is 7.99. The number of hydrogen-bond donors (Lipinski definition) is 0. The Morgan fingerprint density at radius 1 is 1.03 bits per heavy atom. The normalized spacial score (nSPS) is 13.0. The third kappa shape index (κ3) is 4.58. The van der Waals surface area contributed by atoms with Gasteiger partial charge in [-0.15, -0.1) is 16.4 Å². The van der Waals surface area contributed by atoms with Gasteiger partial charge in [0.1, 0.15) is 0 Å². The van der Waals surface area contributed by atoms with Crippen LogP contribution in [0.2, 0.25) is 0 Å². The molecule has 1 aliphatic carbocycles. The summed E-state index contributed by atoms with van der Waals surface area (Å²) in [5.41, 5.74) is 3.09. The van der Waals surface area contributed by atoms with Crippen molar-refractivity contribution in [3.63, 3.8) is 0 Å². The molecule has 9 heteroatoms. The van der Waals surface area contributed by atoms with Crippen LogP contribution in [0.3, 0.4) is 0 Å². The summed E-state index contributed by atoms with van der Waals surface area (Å²) < 4.78 is 1.65. The highest BCUT2D eigenvalue weighted by atomic mass is 32.2. The molecule has 2 aromatic heterocycles. The van der Waals surface area contributed by atoms with E-state index in [1.165, 1.54) is 29.5 Å². The van der Waals surface area contributed by atoms with Crippen molar-refractivity contribution in [2.24, 2.45) is 0 Å². The van der Waals surface area contributed by atoms with Gasteiger partial charge >= 0.3 is 0 Å². The molecule has 2 aromatic carbocycles. The predicted octanol–water partition coefficient (Wildman–Crippen LogP) is 4.32. The lowest BCUT2D eigenvalue weighted by Gasteiger charge is -2.20. The number of nitrogens with zero attached hydrogens (tertiary/aromatic N) is 6. The van der Waals surface area contributed by atoms with Crippen LogP contribution in [-0.2, 0) is 24.2 Å². The van der Waals surface area contributed by atoms with Crippen LogP contribution in [0.4, 0.5) is 5.13 Å². The highest BCUT2D eigenvalue weighted by Crippen LogP contribution is 2.33. The molecule has 5 rings (SSSR count). The first kappa shape index (κ1) is 20.8. The van der Waals surface area contributed by atoms with Crippen molar-refractivity contribution in [1.29, 1.82) is 0 Å². The van der Waals surface area contributed by atoms with E-state index in [0.29, 0.717) is 11.7 Å². The number of rotatable bonds is 7. The average Bonchev–Trinajstić information content (AvgIpc) is 3.49. The minimum absolute atomic E-state index is 0.00689. The molecule has 0 spiro atoms. The number of aromatic nitrogens is 5. The highest BCUT2D eigenvalue weighted by Gasteiger charge is 2.24. The quantitative estimate of drug-likeness (QED) is 0.381. The van der Waals surface area contributed by atoms with Gasteiger partial charge < -0.3 is 0 Å². The van der Waals surface area contributed by atoms with Crippen molar-refractivity contribution in [3.8, 4) is 5.69 Å². The fourth-order valence-electron chi connectivity index (χ4n) is 3.69. The number of carbonyl (C=O) groups is 1. The summed E-state index contributed by atoms with van der Waals surface area (Å²) in [6, 6.07) is 19.7. The molecule has 0 radical (unpaired) electrons. The molecule has 0 aliphatic heterocycles. The summed E-state index contributed by atoms with van der Waals surface area (Å²) in [4.78, 5) is 21.4. The molecule has 0 fully saturated rings. The number of anilines is 1. The number of thioether (sulfide) groups is 1. The molecule has 1 amide bonds. The number of amides is 1. The number of para-hydroxylation sites is 1. The Morgan fingerprint density at radius 2 is 1.78 bits per heavy atom. The fraction of sp³-hybridized carbons (Fsp3) is 0.261. The van der Waals surface area contributed by atoms with Crippen LogP contribution in [-0.4, -0.2) is 36.9 Å². The number of tetrazole rings is 1. The summed E-state index contributed by atoms with van der Waals surface area (Å²) >= 11 is 2.99. The van der Waals surface area contributed by atoms with Gasteiger partial charge in [-0.3, -0.25) is 9.69 Å². The van der Waals surface area contributed by atoms with E-state index in [1.54, 1.807) is 16.0 Å². The molecule has 7 nitrogen and oxygen atoms in total. The monoisotopic (exact) mass is 462 g/mol. The van der Waals surface area contributed by atoms with E-state index in [0.717, 1.165) is 34.9 Å². The molecule has 4 aromatic rings. The Hall–Kier alpha value is -3.04. The largest absolute Gasteiger partial charge is 0.283 e. The summed E-state index contributed by atoms with van der Waals surface area (Å²) in [5, 5.41) is 13.4. The van der Waals surface area contributed by atoms with Crippen molar-refractivity contribution in [2.45, 2.75) is 37.4 Å². The zero-order valence-electron chi connectivity index (χ0n) is 17.4. The Bertz CT molecular complexity index is 1170. The van der Waals surface area contributed by atoms with E-state index in [-0.39, 0.29) is 11.7 Å². The maximum atomic E-state index is 13.4. The lowest BCUT2D eigenvalue weighted by molar-refractivity contribution is -0.116. The summed E-state index contributed by atoms with van der Waals surface area (Å²) in [6.45, 7) is 0.496. The summed E-state index contributed by atoms with van der Waals surface area (Å²) in [6.07, 6.45) is 4.42. The van der Waals surface area contributed by atoms with E-state index in [4.69, 9.17) is 4.98 Å². The molecule has 32 heavy (non-hydrogen) atoms. The Morgan fingerprint density at radius 3 is 2.56 bits per heavy atom. The van der Waals surface area contributed by atoms with Crippen molar-refractivity contribution >= 4 is 34.1 Å². The van der Waals surface area contributed by atoms with E-state index in [2.05, 4.69) is 15.5 Å². The Balaban J connectivity index is 1.37. The van der Waals surface area contributed by atoms with Gasteiger partial charge in [0.05, 0.1) is 23.7 Å². The molecule has 0 N–H and O–H groups in total. The van der Waals surface area contributed by atoms with Crippen LogP contribution in [0.5, 0.6) is 0 Å². The van der Waals surface area contributed by atoms with E-state index in [1.807, 2.05) is 65.6 Å². The Labute approximate surface area is 194 Å². The second-order valence-corrected chi connectivity index (χ2v) is 9.54. The average molecular weight is 463 g/mol. The Kier molecular flexibility index (Phi) is 6.27. The van der Waals surface area contributed by atoms with E-state index in [9.17, 15) is 4.79 Å². The molecule has 0 bridgehead atoms. The number of fused-ring (bicyclic) bond motifs is 1. The number of hydrogen-bond acceptors (Lipinski definition) is 7. The molecular formula is C23H22N6OS2. The predicted molar refractivity (Wildman–Crippen MR) is 126 cm³/mol. The van der Waals surface area contributed by atoms with Crippen LogP contribution in [0.25, 0.3) is 5.69 Å². The maximum Gasteiger partial charge on any atom is 0.239 e. The zero-order chi connectivity index (χ0) is 21.8. The molecular weight excluding hydrogens is 440 g/mol. The maximum absolute atomic E-state index is 13.4. The van der Waals surface area contributed by atoms with Crippen molar-refractivity contribution < 1.29 is 4.79 Å². The lowest BCUT2D eigenvalue weighted by Crippen LogP contribution is -2.32. The van der Waals surface area contributed by atoms with Crippen molar-refractivity contribution in [2.75, 3.05) is 10.7 Å². The number of aryl methyl sites for hydroxylation is 2. The molecule has 0 saturated heterocycles. The van der Waals surface area contributed by atoms with Gasteiger partial charge in [0.15, 0.2) is 5.13 Å². The van der Waals surface area contributed by atoms with Crippen molar-refractivity contribution in [3.05, 3.63) is 76.8 Å². The van der Waals surface area contributed by atoms with Gasteiger partial charge in [-0.25, -0.2) is 4.98 Å². The molecule has 0 saturated carbocycles. The number of thiazole rings is 1. The standard InChI is InChI=1S/C23H22N6OS2/c30-21(16-31-23-25-26-27-29(23)18-11-5-2-6-12-18)28(15-17-9-3-1-4-10-17)22-24-19-13-7-8-14-20(19)32-22/h1-6,9-12H,7-8,13-16H2. The van der Waals surface area contributed by atoms with Crippen LogP contribution in [0.1, 0.15) is 29.0 Å². The molecule has 162 valence electrons. The van der Waals surface area contributed by atoms with Gasteiger partial charge in [0, 0.05) is 4.88 Å². The van der Waals surface area contributed by atoms with Crippen LogP contribution >= 0.6 is 23.1 Å². The molecule has 2 heterocycles. The first-order chi connectivity index (χ1) is 15.8. The number of carbonyl (C=O) groups excluding carboxylic acids is 1. The molecule has 1 aliphatic rings. The van der Waals surface area contributed by atoms with Crippen LogP contribution < -0.4 is 4.90 Å². The minimum Gasteiger partial charge on any atom is -0.283 e. The molecule has 0 unspecified atom stereocenters. The van der Waals surface area contributed by atoms with Crippen LogP contribution in [0.15, 0.2) is 65.8 Å². The third-order valence-electron chi connectivity index (χ3n) is 5.32. The van der Waals surface area contributed by atoms with Gasteiger partial charge in [0.2, 0.25) is 11.1 Å². The second-order valence-electron chi connectivity index (χ2n) is 7.54. The van der Waals surface area contributed by atoms with Crippen molar-refractivity contribution in [1.82, 2.24) is 25.2 Å². The third-order valence-corrected chi connectivity index (χ3v) is 7.40. The minimum atomic E-state index is -0.00689. The van der Waals surface area contributed by atoms with Gasteiger partial charge in [-0.1, -0.05) is 60.3 Å². The summed E-state index contributed by atoms with van der Waals surface area (Å²) in [5.74, 6) is 0.220. The first-order valence-corrected chi connectivity index (χ1v) is 12.4. The SMILES string of the molecule is O=C(CSc1nnnn1-c1ccccc1)N(Cc1ccccc1)c1nc2c(s1)CCCC2. The fourth-order valence-corrected chi connectivity index (χ4v) is 5.62.